The van der Waals surface area contributed by atoms with E-state index in [0.717, 1.165) is 5.57 Å². The van der Waals surface area contributed by atoms with Crippen molar-refractivity contribution in [2.45, 2.75) is 9.79 Å². The molecular weight excluding hydrogens is 300 g/mol. The summed E-state index contributed by atoms with van der Waals surface area (Å²) < 4.78 is 0. The summed E-state index contributed by atoms with van der Waals surface area (Å²) in [6, 6.07) is 13.6. The van der Waals surface area contributed by atoms with Crippen molar-refractivity contribution in [3.63, 3.8) is 0 Å². The first-order valence-electron chi connectivity index (χ1n) is 7.79. The van der Waals surface area contributed by atoms with Crippen molar-refractivity contribution >= 4 is 27.0 Å². The highest BCUT2D eigenvalue weighted by atomic mass is 32.3. The van der Waals surface area contributed by atoms with Crippen LogP contribution in [0.1, 0.15) is 11.1 Å². The topological polar surface area (TPSA) is 6.48 Å². The molecule has 23 heavy (non-hydrogen) atoms. The highest BCUT2D eigenvalue weighted by molar-refractivity contribution is 8.32. The third-order valence-corrected chi connectivity index (χ3v) is 7.59. The van der Waals surface area contributed by atoms with E-state index in [2.05, 4.69) is 93.5 Å². The van der Waals surface area contributed by atoms with E-state index in [-0.39, 0.29) is 0 Å². The Labute approximate surface area is 141 Å². The maximum atomic E-state index is 4.40. The van der Waals surface area contributed by atoms with E-state index < -0.39 is 10.0 Å². The zero-order valence-corrected chi connectivity index (χ0v) is 15.8. The van der Waals surface area contributed by atoms with Crippen LogP contribution in [0.15, 0.2) is 52.8 Å². The minimum atomic E-state index is -1.06. The molecule has 1 aliphatic heterocycles. The molecule has 3 rings (SSSR count). The van der Waals surface area contributed by atoms with E-state index in [4.69, 9.17) is 0 Å². The maximum Gasteiger partial charge on any atom is 0.0372 e. The van der Waals surface area contributed by atoms with Crippen LogP contribution < -0.4 is 9.80 Å². The van der Waals surface area contributed by atoms with E-state index in [9.17, 15) is 0 Å². The van der Waals surface area contributed by atoms with Crippen molar-refractivity contribution in [2.75, 3.05) is 50.5 Å². The summed E-state index contributed by atoms with van der Waals surface area (Å²) in [5, 5.41) is 0. The number of hydrogen-bond acceptors (Lipinski definition) is 2. The van der Waals surface area contributed by atoms with Gasteiger partial charge in [0.05, 0.1) is 0 Å². The summed E-state index contributed by atoms with van der Waals surface area (Å²) in [4.78, 5) is 7.23. The lowest BCUT2D eigenvalue weighted by atomic mass is 9.98. The largest absolute Gasteiger partial charge is 0.378 e. The molecule has 0 aliphatic carbocycles. The average Bonchev–Trinajstić information content (AvgIpc) is 2.51. The van der Waals surface area contributed by atoms with Crippen molar-refractivity contribution in [1.29, 1.82) is 0 Å². The van der Waals surface area contributed by atoms with Gasteiger partial charge in [0.15, 0.2) is 0 Å². The first-order valence-corrected chi connectivity index (χ1v) is 10.2. The fraction of sp³-hybridized carbons (Fsp3) is 0.300. The molecule has 0 unspecified atom stereocenters. The average molecular weight is 327 g/mol. The van der Waals surface area contributed by atoms with Crippen LogP contribution in [0, 0.1) is 0 Å². The zero-order valence-electron chi connectivity index (χ0n) is 15.0. The number of fused-ring (bicyclic) bond motifs is 2. The van der Waals surface area contributed by atoms with Gasteiger partial charge in [0.25, 0.3) is 0 Å². The van der Waals surface area contributed by atoms with Crippen molar-refractivity contribution in [3.05, 3.63) is 54.1 Å². The third-order valence-electron chi connectivity index (χ3n) is 4.71. The Morgan fingerprint density at radius 3 is 1.48 bits per heavy atom. The Kier molecular flexibility index (Phi) is 3.72. The summed E-state index contributed by atoms with van der Waals surface area (Å²) >= 11 is 0. The molecule has 122 valence electrons. The molecule has 0 amide bonds. The molecule has 1 heterocycles. The summed E-state index contributed by atoms with van der Waals surface area (Å²) in [5.41, 5.74) is 6.27. The number of nitrogens with zero attached hydrogens (tertiary/aromatic N) is 2. The number of rotatable bonds is 2. The van der Waals surface area contributed by atoms with E-state index in [0.29, 0.717) is 0 Å². The number of anilines is 2. The van der Waals surface area contributed by atoms with Crippen molar-refractivity contribution in [1.82, 2.24) is 0 Å². The monoisotopic (exact) mass is 326 g/mol. The molecule has 0 spiro atoms. The second-order valence-electron chi connectivity index (χ2n) is 6.96. The lowest BCUT2D eigenvalue weighted by Gasteiger charge is -2.41. The standard InChI is InChI=1S/C20H26N2S/c1-14-17-10-8-15(21(2)3)12-19(17)23(6,7)20-13-16(22(4)5)9-11-18(14)20/h8-13H,1H2,2-7H3. The minimum absolute atomic E-state index is 1.06. The summed E-state index contributed by atoms with van der Waals surface area (Å²) in [5.74, 6) is 0. The molecule has 2 aromatic carbocycles. The van der Waals surface area contributed by atoms with E-state index in [1.165, 1.54) is 32.3 Å². The van der Waals surface area contributed by atoms with Gasteiger partial charge in [0.1, 0.15) is 0 Å². The van der Waals surface area contributed by atoms with Gasteiger partial charge in [0.2, 0.25) is 0 Å². The van der Waals surface area contributed by atoms with Crippen LogP contribution in [-0.2, 0) is 0 Å². The van der Waals surface area contributed by atoms with Crippen LogP contribution in [0.3, 0.4) is 0 Å². The Balaban J connectivity index is 2.26. The van der Waals surface area contributed by atoms with Gasteiger partial charge in [-0.2, -0.15) is 10.0 Å². The summed E-state index contributed by atoms with van der Waals surface area (Å²) in [6.07, 6.45) is 4.80. The molecule has 0 N–H and O–H groups in total. The van der Waals surface area contributed by atoms with Crippen LogP contribution >= 0.6 is 10.0 Å². The van der Waals surface area contributed by atoms with E-state index in [1.54, 1.807) is 0 Å². The van der Waals surface area contributed by atoms with E-state index >= 15 is 0 Å². The van der Waals surface area contributed by atoms with Gasteiger partial charge in [-0.15, -0.1) is 0 Å². The molecule has 0 saturated heterocycles. The van der Waals surface area contributed by atoms with Gasteiger partial charge in [-0.25, -0.2) is 0 Å². The SMILES string of the molecule is C=C1c2ccc(N(C)C)cc2S(C)(C)c2cc(N(C)C)ccc21. The molecule has 1 aliphatic rings. The lowest BCUT2D eigenvalue weighted by Crippen LogP contribution is -2.15. The van der Waals surface area contributed by atoms with Gasteiger partial charge in [-0.3, -0.25) is 0 Å². The normalized spacial score (nSPS) is 16.3. The first-order chi connectivity index (χ1) is 10.7. The first kappa shape index (κ1) is 16.0. The Bertz CT molecular complexity index is 725. The molecule has 3 heteroatoms. The predicted octanol–water partition coefficient (Wildman–Crippen LogP) is 4.68. The molecular formula is C20H26N2S. The molecule has 0 radical (unpaired) electrons. The number of benzene rings is 2. The predicted molar refractivity (Wildman–Crippen MR) is 106 cm³/mol. The molecule has 0 bridgehead atoms. The van der Waals surface area contributed by atoms with Crippen molar-refractivity contribution in [3.8, 4) is 0 Å². The van der Waals surface area contributed by atoms with Gasteiger partial charge in [-0.05, 0) is 53.5 Å². The molecule has 0 atom stereocenters. The Morgan fingerprint density at radius 2 is 1.13 bits per heavy atom. The van der Waals surface area contributed by atoms with Gasteiger partial charge < -0.3 is 9.80 Å². The zero-order chi connectivity index (χ0) is 16.9. The van der Waals surface area contributed by atoms with Crippen LogP contribution in [0.5, 0.6) is 0 Å². The van der Waals surface area contributed by atoms with Crippen molar-refractivity contribution < 1.29 is 0 Å². The smallest absolute Gasteiger partial charge is 0.0372 e. The lowest BCUT2D eigenvalue weighted by molar-refractivity contribution is 1.10. The third kappa shape index (κ3) is 2.43. The molecule has 0 aromatic heterocycles. The highest BCUT2D eigenvalue weighted by Crippen LogP contribution is 2.64. The number of hydrogen-bond donors (Lipinski definition) is 0. The van der Waals surface area contributed by atoms with Crippen LogP contribution in [0.2, 0.25) is 0 Å². The fourth-order valence-electron chi connectivity index (χ4n) is 3.18. The Morgan fingerprint density at radius 1 is 0.739 bits per heavy atom. The minimum Gasteiger partial charge on any atom is -0.378 e. The van der Waals surface area contributed by atoms with Crippen LogP contribution in [0.25, 0.3) is 5.57 Å². The second kappa shape index (κ2) is 5.34. The van der Waals surface area contributed by atoms with Gasteiger partial charge >= 0.3 is 0 Å². The highest BCUT2D eigenvalue weighted by Gasteiger charge is 2.31. The Hall–Kier alpha value is -1.87. The summed E-state index contributed by atoms with van der Waals surface area (Å²) in [7, 11) is 7.33. The van der Waals surface area contributed by atoms with Crippen LogP contribution in [0.4, 0.5) is 11.4 Å². The van der Waals surface area contributed by atoms with E-state index in [1.807, 2.05) is 0 Å². The van der Waals surface area contributed by atoms with Crippen LogP contribution in [-0.4, -0.2) is 40.7 Å². The summed E-state index contributed by atoms with van der Waals surface area (Å²) in [6.45, 7) is 4.40. The molecule has 2 nitrogen and oxygen atoms in total. The maximum absolute atomic E-state index is 4.40. The van der Waals surface area contributed by atoms with Crippen molar-refractivity contribution in [2.24, 2.45) is 0 Å². The fourth-order valence-corrected chi connectivity index (χ4v) is 5.73. The molecule has 0 fully saturated rings. The molecule has 2 aromatic rings. The van der Waals surface area contributed by atoms with Gasteiger partial charge in [0, 0.05) is 49.4 Å². The quantitative estimate of drug-likeness (QED) is 0.791. The molecule has 0 saturated carbocycles. The van der Waals surface area contributed by atoms with Gasteiger partial charge in [-0.1, -0.05) is 18.7 Å². The second-order valence-corrected chi connectivity index (χ2v) is 10.5.